The Morgan fingerprint density at radius 3 is 2.81 bits per heavy atom. The Bertz CT molecular complexity index is 1390. The number of hydrogen-bond donors (Lipinski definition) is 3. The minimum atomic E-state index is 0.223. The number of nitrogens with two attached hydrogens (primary N) is 1. The van der Waals surface area contributed by atoms with E-state index in [1.165, 1.54) is 5.39 Å². The van der Waals surface area contributed by atoms with Crippen molar-refractivity contribution in [2.45, 2.75) is 18.9 Å². The Morgan fingerprint density at radius 1 is 1.06 bits per heavy atom. The number of para-hydroxylation sites is 1. The lowest BCUT2D eigenvalue weighted by molar-refractivity contribution is 0.513. The minimum Gasteiger partial charge on any atom is -0.353 e. The largest absolute Gasteiger partial charge is 0.353 e. The average molecular weight is 409 g/mol. The van der Waals surface area contributed by atoms with E-state index in [4.69, 9.17) is 10.7 Å². The van der Waals surface area contributed by atoms with E-state index in [2.05, 4.69) is 61.5 Å². The molecule has 4 aromatic rings. The van der Waals surface area contributed by atoms with Crippen molar-refractivity contribution in [1.29, 1.82) is 0 Å². The van der Waals surface area contributed by atoms with Crippen LogP contribution in [0.25, 0.3) is 40.0 Å². The number of aromatic nitrogens is 5. The quantitative estimate of drug-likeness (QED) is 0.480. The van der Waals surface area contributed by atoms with Gasteiger partial charge in [0.2, 0.25) is 0 Å². The summed E-state index contributed by atoms with van der Waals surface area (Å²) in [6.07, 6.45) is 12.1. The monoisotopic (exact) mass is 409 g/mol. The minimum absolute atomic E-state index is 0.223. The lowest BCUT2D eigenvalue weighted by atomic mass is 10.0. The number of nitrogens with zero attached hydrogens (tertiary/aromatic N) is 4. The first-order valence-corrected chi connectivity index (χ1v) is 10.6. The standard InChI is InChI=1S/C24H23N7/c25-17-13-31(14-17)23-12-26-11-22(28-23)15-5-2-4-8-20-18(9-15)24(30-29-20)21-10-16-6-1-3-7-19(16)27-21/h1,3,5-12,17,27,29H,2,4,13-14,25H2/b15-5+,18-9+,20-8-. The highest BCUT2D eigenvalue weighted by atomic mass is 15.3. The fourth-order valence-corrected chi connectivity index (χ4v) is 4.28. The topological polar surface area (TPSA) is 99.5 Å². The molecule has 0 unspecified atom stereocenters. The van der Waals surface area contributed by atoms with Crippen LogP contribution in [0.2, 0.25) is 0 Å². The van der Waals surface area contributed by atoms with E-state index in [0.29, 0.717) is 0 Å². The molecule has 0 saturated carbocycles. The number of fused-ring (bicyclic) bond motifs is 2. The van der Waals surface area contributed by atoms with Crippen LogP contribution in [0.15, 0.2) is 48.8 Å². The summed E-state index contributed by atoms with van der Waals surface area (Å²) in [7, 11) is 0. The van der Waals surface area contributed by atoms with Crippen LogP contribution in [0.3, 0.4) is 0 Å². The van der Waals surface area contributed by atoms with Crippen molar-refractivity contribution >= 4 is 34.4 Å². The van der Waals surface area contributed by atoms with Crippen molar-refractivity contribution in [1.82, 2.24) is 25.1 Å². The number of rotatable bonds is 3. The molecular formula is C24H23N7. The van der Waals surface area contributed by atoms with Gasteiger partial charge in [0.05, 0.1) is 29.1 Å². The summed E-state index contributed by atoms with van der Waals surface area (Å²) in [6.45, 7) is 1.65. The summed E-state index contributed by atoms with van der Waals surface area (Å²) in [5, 5.41) is 11.1. The molecule has 7 heteroatoms. The summed E-state index contributed by atoms with van der Waals surface area (Å²) >= 11 is 0. The summed E-state index contributed by atoms with van der Waals surface area (Å²) in [5.41, 5.74) is 10.9. The molecular weight excluding hydrogens is 386 g/mol. The molecule has 7 nitrogen and oxygen atoms in total. The van der Waals surface area contributed by atoms with Gasteiger partial charge in [0.1, 0.15) is 11.5 Å². The number of H-pyrrole nitrogens is 2. The number of allylic oxidation sites excluding steroid dienone is 2. The van der Waals surface area contributed by atoms with Gasteiger partial charge in [-0.2, -0.15) is 5.10 Å². The van der Waals surface area contributed by atoms with E-state index in [1.54, 1.807) is 0 Å². The fraction of sp³-hybridized carbons (Fsp3) is 0.208. The Kier molecular flexibility index (Phi) is 4.21. The fourth-order valence-electron chi connectivity index (χ4n) is 4.28. The van der Waals surface area contributed by atoms with Crippen LogP contribution in [0, 0.1) is 0 Å². The highest BCUT2D eigenvalue weighted by molar-refractivity contribution is 5.90. The van der Waals surface area contributed by atoms with E-state index in [0.717, 1.165) is 70.5 Å². The Morgan fingerprint density at radius 2 is 1.94 bits per heavy atom. The zero-order valence-electron chi connectivity index (χ0n) is 17.0. The van der Waals surface area contributed by atoms with Gasteiger partial charge in [0, 0.05) is 35.3 Å². The zero-order chi connectivity index (χ0) is 20.8. The van der Waals surface area contributed by atoms with Gasteiger partial charge in [-0.3, -0.25) is 10.1 Å². The molecule has 1 fully saturated rings. The van der Waals surface area contributed by atoms with Gasteiger partial charge < -0.3 is 15.6 Å². The maximum Gasteiger partial charge on any atom is 0.147 e. The molecule has 4 heterocycles. The second-order valence-corrected chi connectivity index (χ2v) is 8.18. The van der Waals surface area contributed by atoms with Crippen molar-refractivity contribution in [3.63, 3.8) is 0 Å². The summed E-state index contributed by atoms with van der Waals surface area (Å²) in [6, 6.07) is 10.6. The molecule has 1 aliphatic carbocycles. The van der Waals surface area contributed by atoms with E-state index < -0.39 is 0 Å². The van der Waals surface area contributed by atoms with Crippen molar-refractivity contribution < 1.29 is 0 Å². The van der Waals surface area contributed by atoms with Crippen LogP contribution in [0.1, 0.15) is 18.5 Å². The van der Waals surface area contributed by atoms with Crippen LogP contribution in [-0.4, -0.2) is 44.3 Å². The third kappa shape index (κ3) is 3.23. The number of anilines is 1. The number of benzene rings is 1. The highest BCUT2D eigenvalue weighted by Crippen LogP contribution is 2.23. The molecule has 6 rings (SSSR count). The third-order valence-corrected chi connectivity index (χ3v) is 5.95. The Labute approximate surface area is 179 Å². The van der Waals surface area contributed by atoms with Crippen LogP contribution in [0.5, 0.6) is 0 Å². The molecule has 0 bridgehead atoms. The van der Waals surface area contributed by atoms with E-state index in [1.807, 2.05) is 24.5 Å². The van der Waals surface area contributed by atoms with Crippen LogP contribution >= 0.6 is 0 Å². The summed E-state index contributed by atoms with van der Waals surface area (Å²) in [4.78, 5) is 15.0. The molecule has 2 aliphatic rings. The molecule has 0 amide bonds. The predicted octanol–water partition coefficient (Wildman–Crippen LogP) is 1.93. The molecule has 154 valence electrons. The van der Waals surface area contributed by atoms with Crippen LogP contribution in [-0.2, 0) is 0 Å². The number of aromatic amines is 2. The summed E-state index contributed by atoms with van der Waals surface area (Å²) in [5.74, 6) is 0.880. The van der Waals surface area contributed by atoms with Gasteiger partial charge in [-0.25, -0.2) is 4.98 Å². The molecule has 0 atom stereocenters. The van der Waals surface area contributed by atoms with Crippen molar-refractivity contribution in [2.24, 2.45) is 5.73 Å². The van der Waals surface area contributed by atoms with Gasteiger partial charge in [-0.05, 0) is 36.6 Å². The van der Waals surface area contributed by atoms with E-state index in [9.17, 15) is 0 Å². The van der Waals surface area contributed by atoms with Crippen LogP contribution < -0.4 is 21.2 Å². The molecule has 1 aromatic carbocycles. The van der Waals surface area contributed by atoms with E-state index in [-0.39, 0.29) is 6.04 Å². The van der Waals surface area contributed by atoms with Gasteiger partial charge >= 0.3 is 0 Å². The first-order valence-electron chi connectivity index (χ1n) is 10.6. The number of nitrogens with one attached hydrogen (secondary N) is 2. The number of hydrogen-bond acceptors (Lipinski definition) is 5. The average Bonchev–Trinajstić information content (AvgIpc) is 3.34. The van der Waals surface area contributed by atoms with Crippen LogP contribution in [0.4, 0.5) is 5.82 Å². The van der Waals surface area contributed by atoms with Crippen molar-refractivity contribution in [2.75, 3.05) is 18.0 Å². The molecule has 3 aromatic heterocycles. The lowest BCUT2D eigenvalue weighted by Gasteiger charge is -2.37. The highest BCUT2D eigenvalue weighted by Gasteiger charge is 2.24. The lowest BCUT2D eigenvalue weighted by Crippen LogP contribution is -2.56. The van der Waals surface area contributed by atoms with Gasteiger partial charge in [-0.1, -0.05) is 30.4 Å². The van der Waals surface area contributed by atoms with Gasteiger partial charge in [0.15, 0.2) is 0 Å². The van der Waals surface area contributed by atoms with Gasteiger partial charge in [-0.15, -0.1) is 0 Å². The Balaban J connectivity index is 1.46. The molecule has 31 heavy (non-hydrogen) atoms. The molecule has 0 radical (unpaired) electrons. The molecule has 1 saturated heterocycles. The SMILES string of the molecule is NC1CN(c2cncc(C3=C\CC\C=c4/[nH]nc(-c5cc6ccccc6[nH]5)/c4=C/3)n2)C1. The normalized spacial score (nSPS) is 20.4. The zero-order valence-corrected chi connectivity index (χ0v) is 17.0. The van der Waals surface area contributed by atoms with E-state index >= 15 is 0 Å². The summed E-state index contributed by atoms with van der Waals surface area (Å²) < 4.78 is 0. The second kappa shape index (κ2) is 7.21. The maximum atomic E-state index is 5.94. The first-order chi connectivity index (χ1) is 15.2. The second-order valence-electron chi connectivity index (χ2n) is 8.18. The predicted molar refractivity (Wildman–Crippen MR) is 123 cm³/mol. The molecule has 0 spiro atoms. The molecule has 4 N–H and O–H groups in total. The molecule has 1 aliphatic heterocycles. The van der Waals surface area contributed by atoms with Gasteiger partial charge in [0.25, 0.3) is 0 Å². The van der Waals surface area contributed by atoms with Crippen molar-refractivity contribution in [3.8, 4) is 11.4 Å². The van der Waals surface area contributed by atoms with Crippen molar-refractivity contribution in [3.05, 3.63) is 65.1 Å². The third-order valence-electron chi connectivity index (χ3n) is 5.95. The maximum absolute atomic E-state index is 5.94. The Hall–Kier alpha value is -3.71. The first kappa shape index (κ1) is 18.1. The smallest absolute Gasteiger partial charge is 0.147 e.